The van der Waals surface area contributed by atoms with Crippen molar-refractivity contribution in [3.63, 3.8) is 0 Å². The predicted molar refractivity (Wildman–Crippen MR) is 93.2 cm³/mol. The molecular weight excluding hydrogens is 322 g/mol. The van der Waals surface area contributed by atoms with Crippen LogP contribution in [0.5, 0.6) is 0 Å². The van der Waals surface area contributed by atoms with E-state index in [2.05, 4.69) is 26.2 Å². The van der Waals surface area contributed by atoms with Gasteiger partial charge in [-0.15, -0.1) is 10.2 Å². The van der Waals surface area contributed by atoms with Crippen molar-refractivity contribution in [3.8, 4) is 11.8 Å². The van der Waals surface area contributed by atoms with Crippen molar-refractivity contribution >= 4 is 23.4 Å². The first kappa shape index (κ1) is 16.5. The van der Waals surface area contributed by atoms with Crippen molar-refractivity contribution in [3.05, 3.63) is 30.1 Å². The average molecular weight is 341 g/mol. The molecule has 0 saturated heterocycles. The Labute approximate surface area is 145 Å². The lowest BCUT2D eigenvalue weighted by Crippen LogP contribution is -2.07. The minimum atomic E-state index is -0.0931. The molecule has 0 spiro atoms. The molecule has 1 saturated carbocycles. The molecule has 1 amide bonds. The van der Waals surface area contributed by atoms with Gasteiger partial charge in [-0.1, -0.05) is 17.8 Å². The second-order valence-electron chi connectivity index (χ2n) is 5.79. The molecule has 124 valence electrons. The molecule has 0 radical (unpaired) electrons. The smallest absolute Gasteiger partial charge is 0.221 e. The topological polar surface area (TPSA) is 83.6 Å². The molecule has 0 atom stereocenters. The van der Waals surface area contributed by atoms with Crippen LogP contribution in [-0.4, -0.2) is 26.4 Å². The maximum Gasteiger partial charge on any atom is 0.221 e. The first-order valence-corrected chi connectivity index (χ1v) is 9.00. The van der Waals surface area contributed by atoms with Crippen LogP contribution in [0.25, 0.3) is 5.69 Å². The van der Waals surface area contributed by atoms with Crippen LogP contribution in [0.3, 0.4) is 0 Å². The number of hydrogen-bond acceptors (Lipinski definition) is 5. The number of nitrogens with zero attached hydrogens (tertiary/aromatic N) is 4. The molecule has 6 nitrogen and oxygen atoms in total. The normalized spacial score (nSPS) is 13.5. The Morgan fingerprint density at radius 3 is 3.00 bits per heavy atom. The number of rotatable bonds is 7. The molecule has 1 aromatic carbocycles. The minimum absolute atomic E-state index is 0.0931. The number of thioether (sulfide) groups is 1. The Balaban J connectivity index is 1.88. The number of nitriles is 1. The summed E-state index contributed by atoms with van der Waals surface area (Å²) in [6.45, 7) is 1.50. The third kappa shape index (κ3) is 3.95. The first-order valence-electron chi connectivity index (χ1n) is 8.02. The van der Waals surface area contributed by atoms with Gasteiger partial charge in [-0.25, -0.2) is 0 Å². The summed E-state index contributed by atoms with van der Waals surface area (Å²) in [5, 5.41) is 21.0. The Hall–Kier alpha value is -2.33. The molecular formula is C17H19N5OS. The highest BCUT2D eigenvalue weighted by atomic mass is 32.2. The summed E-state index contributed by atoms with van der Waals surface area (Å²) in [7, 11) is 0. The third-order valence-electron chi connectivity index (χ3n) is 3.69. The number of anilines is 1. The van der Waals surface area contributed by atoms with Gasteiger partial charge in [0.15, 0.2) is 5.16 Å². The van der Waals surface area contributed by atoms with E-state index >= 15 is 0 Å². The van der Waals surface area contributed by atoms with E-state index in [4.69, 9.17) is 5.26 Å². The molecule has 0 bridgehead atoms. The quantitative estimate of drug-likeness (QED) is 0.615. The number of carbonyl (C=O) groups excluding carboxylic acids is 1. The SMILES string of the molecule is CC(=O)Nc1cccc(-n2c(SCCCC#N)nnc2C2CC2)c1. The van der Waals surface area contributed by atoms with Crippen molar-refractivity contribution in [2.75, 3.05) is 11.1 Å². The standard InChI is InChI=1S/C17H19N5OS/c1-12(23)19-14-5-4-6-15(11-14)22-16(13-7-8-13)20-21-17(22)24-10-3-2-9-18/h4-6,11,13H,2-3,7-8,10H2,1H3,(H,19,23). The number of hydrogen-bond donors (Lipinski definition) is 1. The average Bonchev–Trinajstić information content (AvgIpc) is 3.31. The predicted octanol–water partition coefficient (Wildman–Crippen LogP) is 3.50. The van der Waals surface area contributed by atoms with Gasteiger partial charge in [0.2, 0.25) is 5.91 Å². The monoisotopic (exact) mass is 341 g/mol. The van der Waals surface area contributed by atoms with Crippen LogP contribution in [0.4, 0.5) is 5.69 Å². The number of amides is 1. The zero-order valence-electron chi connectivity index (χ0n) is 13.5. The highest BCUT2D eigenvalue weighted by Gasteiger charge is 2.31. The molecule has 1 heterocycles. The fourth-order valence-electron chi connectivity index (χ4n) is 2.46. The summed E-state index contributed by atoms with van der Waals surface area (Å²) < 4.78 is 2.08. The highest BCUT2D eigenvalue weighted by Crippen LogP contribution is 2.41. The lowest BCUT2D eigenvalue weighted by Gasteiger charge is -2.11. The summed E-state index contributed by atoms with van der Waals surface area (Å²) in [4.78, 5) is 11.3. The van der Waals surface area contributed by atoms with E-state index in [0.717, 1.165) is 47.4 Å². The lowest BCUT2D eigenvalue weighted by atomic mass is 10.2. The fourth-order valence-corrected chi connectivity index (χ4v) is 3.36. The Kier molecular flexibility index (Phi) is 5.16. The van der Waals surface area contributed by atoms with Gasteiger partial charge >= 0.3 is 0 Å². The van der Waals surface area contributed by atoms with Crippen molar-refractivity contribution in [2.45, 2.75) is 43.7 Å². The Morgan fingerprint density at radius 1 is 1.46 bits per heavy atom. The largest absolute Gasteiger partial charge is 0.326 e. The molecule has 1 aliphatic carbocycles. The summed E-state index contributed by atoms with van der Waals surface area (Å²) >= 11 is 1.62. The summed E-state index contributed by atoms with van der Waals surface area (Å²) in [5.41, 5.74) is 1.71. The van der Waals surface area contributed by atoms with Gasteiger partial charge in [-0.05, 0) is 37.5 Å². The van der Waals surface area contributed by atoms with E-state index in [9.17, 15) is 4.79 Å². The van der Waals surface area contributed by atoms with Crippen molar-refractivity contribution in [1.29, 1.82) is 5.26 Å². The molecule has 0 unspecified atom stereocenters. The van der Waals surface area contributed by atoms with E-state index < -0.39 is 0 Å². The zero-order chi connectivity index (χ0) is 16.9. The number of nitrogens with one attached hydrogen (secondary N) is 1. The maximum absolute atomic E-state index is 11.3. The molecule has 1 aliphatic rings. The van der Waals surface area contributed by atoms with E-state index in [0.29, 0.717) is 12.3 Å². The zero-order valence-corrected chi connectivity index (χ0v) is 14.3. The molecule has 1 fully saturated rings. The van der Waals surface area contributed by atoms with E-state index in [-0.39, 0.29) is 5.91 Å². The fraction of sp³-hybridized carbons (Fsp3) is 0.412. The number of carbonyl (C=O) groups is 1. The number of aromatic nitrogens is 3. The molecule has 0 aliphatic heterocycles. The van der Waals surface area contributed by atoms with Gasteiger partial charge < -0.3 is 5.32 Å². The lowest BCUT2D eigenvalue weighted by molar-refractivity contribution is -0.114. The van der Waals surface area contributed by atoms with Gasteiger partial charge in [0.05, 0.1) is 11.8 Å². The Bertz CT molecular complexity index is 776. The molecule has 3 rings (SSSR count). The summed E-state index contributed by atoms with van der Waals surface area (Å²) in [6, 6.07) is 9.89. The van der Waals surface area contributed by atoms with Crippen LogP contribution in [0.1, 0.15) is 44.3 Å². The molecule has 7 heteroatoms. The van der Waals surface area contributed by atoms with Gasteiger partial charge in [-0.2, -0.15) is 5.26 Å². The van der Waals surface area contributed by atoms with E-state index in [1.165, 1.54) is 6.92 Å². The maximum atomic E-state index is 11.3. The number of unbranched alkanes of at least 4 members (excludes halogenated alkanes) is 1. The summed E-state index contributed by atoms with van der Waals surface area (Å²) in [6.07, 6.45) is 3.67. The molecule has 1 aromatic heterocycles. The van der Waals surface area contributed by atoms with Crippen molar-refractivity contribution in [1.82, 2.24) is 14.8 Å². The summed E-state index contributed by atoms with van der Waals surface area (Å²) in [5.74, 6) is 2.19. The first-order chi connectivity index (χ1) is 11.7. The minimum Gasteiger partial charge on any atom is -0.326 e. The second-order valence-corrected chi connectivity index (χ2v) is 6.85. The molecule has 2 aromatic rings. The van der Waals surface area contributed by atoms with Gasteiger partial charge in [0, 0.05) is 30.7 Å². The number of benzene rings is 1. The van der Waals surface area contributed by atoms with Crippen LogP contribution >= 0.6 is 11.8 Å². The third-order valence-corrected chi connectivity index (χ3v) is 4.70. The van der Waals surface area contributed by atoms with Crippen molar-refractivity contribution in [2.24, 2.45) is 0 Å². The molecule has 1 N–H and O–H groups in total. The Morgan fingerprint density at radius 2 is 2.29 bits per heavy atom. The van der Waals surface area contributed by atoms with Gasteiger partial charge in [0.25, 0.3) is 0 Å². The van der Waals surface area contributed by atoms with Crippen molar-refractivity contribution < 1.29 is 4.79 Å². The van der Waals surface area contributed by atoms with Crippen LogP contribution in [0.2, 0.25) is 0 Å². The van der Waals surface area contributed by atoms with Crippen LogP contribution < -0.4 is 5.32 Å². The highest BCUT2D eigenvalue weighted by molar-refractivity contribution is 7.99. The molecule has 24 heavy (non-hydrogen) atoms. The van der Waals surface area contributed by atoms with Crippen LogP contribution in [0.15, 0.2) is 29.4 Å². The van der Waals surface area contributed by atoms with Gasteiger partial charge in [-0.3, -0.25) is 9.36 Å². The van der Waals surface area contributed by atoms with Crippen LogP contribution in [-0.2, 0) is 4.79 Å². The van der Waals surface area contributed by atoms with E-state index in [1.807, 2.05) is 24.3 Å². The van der Waals surface area contributed by atoms with Crippen LogP contribution in [0, 0.1) is 11.3 Å². The second kappa shape index (κ2) is 7.49. The van der Waals surface area contributed by atoms with Gasteiger partial charge in [0.1, 0.15) is 5.82 Å². The van der Waals surface area contributed by atoms with E-state index in [1.54, 1.807) is 11.8 Å².